The van der Waals surface area contributed by atoms with Crippen molar-refractivity contribution in [3.8, 4) is 5.75 Å². The second-order valence-electron chi connectivity index (χ2n) is 5.53. The van der Waals surface area contributed by atoms with E-state index in [1.807, 2.05) is 0 Å². The first kappa shape index (κ1) is 14.3. The number of nitrogens with one attached hydrogen (secondary N) is 1. The zero-order chi connectivity index (χ0) is 14.1. The molecule has 0 bridgehead atoms. The molecule has 1 aliphatic heterocycles. The number of nitrogens with two attached hydrogens (primary N) is 1. The molecule has 1 aliphatic rings. The number of benzene rings is 1. The van der Waals surface area contributed by atoms with Crippen LogP contribution in [0.1, 0.15) is 25.8 Å². The second-order valence-corrected chi connectivity index (χ2v) is 7.30. The van der Waals surface area contributed by atoms with Crippen LogP contribution in [0.5, 0.6) is 5.75 Å². The molecule has 106 valence electrons. The van der Waals surface area contributed by atoms with Crippen molar-refractivity contribution in [3.05, 3.63) is 23.8 Å². The molecule has 2 rings (SSSR count). The molecule has 0 atom stereocenters. The number of rotatable bonds is 4. The van der Waals surface area contributed by atoms with E-state index in [0.29, 0.717) is 6.61 Å². The van der Waals surface area contributed by atoms with Crippen LogP contribution in [0.4, 0.5) is 0 Å². The first-order valence-corrected chi connectivity index (χ1v) is 7.80. The molecule has 1 aromatic carbocycles. The molecule has 0 unspecified atom stereocenters. The van der Waals surface area contributed by atoms with Crippen LogP contribution < -0.4 is 15.2 Å². The molecule has 19 heavy (non-hydrogen) atoms. The summed E-state index contributed by atoms with van der Waals surface area (Å²) in [4.78, 5) is 0.265. The third kappa shape index (κ3) is 3.68. The van der Waals surface area contributed by atoms with Gasteiger partial charge in [0, 0.05) is 12.1 Å². The van der Waals surface area contributed by atoms with Crippen molar-refractivity contribution >= 4 is 10.0 Å². The summed E-state index contributed by atoms with van der Waals surface area (Å²) in [6.07, 6.45) is 1.76. The average Bonchev–Trinajstić information content (AvgIpc) is 2.35. The monoisotopic (exact) mass is 284 g/mol. The maximum absolute atomic E-state index is 12.2. The summed E-state index contributed by atoms with van der Waals surface area (Å²) < 4.78 is 32.3. The zero-order valence-electron chi connectivity index (χ0n) is 11.3. The fourth-order valence-corrected chi connectivity index (χ4v) is 3.14. The molecule has 0 amide bonds. The van der Waals surface area contributed by atoms with Crippen LogP contribution in [0.15, 0.2) is 23.1 Å². The van der Waals surface area contributed by atoms with Crippen LogP contribution in [0.2, 0.25) is 0 Å². The van der Waals surface area contributed by atoms with Gasteiger partial charge >= 0.3 is 0 Å². The van der Waals surface area contributed by atoms with E-state index in [1.165, 1.54) is 0 Å². The number of hydrogen-bond acceptors (Lipinski definition) is 4. The average molecular weight is 284 g/mol. The second kappa shape index (κ2) is 5.11. The predicted octanol–water partition coefficient (Wildman–Crippen LogP) is 1.03. The van der Waals surface area contributed by atoms with Crippen LogP contribution in [-0.4, -0.2) is 27.1 Å². The first-order chi connectivity index (χ1) is 8.78. The highest BCUT2D eigenvalue weighted by Gasteiger charge is 2.20. The van der Waals surface area contributed by atoms with Crippen molar-refractivity contribution < 1.29 is 13.2 Å². The van der Waals surface area contributed by atoms with Gasteiger partial charge in [0.1, 0.15) is 5.75 Å². The number of sulfonamides is 1. The Kier molecular flexibility index (Phi) is 3.85. The fraction of sp³-hybridized carbons (Fsp3) is 0.538. The molecule has 0 aliphatic carbocycles. The zero-order valence-corrected chi connectivity index (χ0v) is 12.1. The number of ether oxygens (including phenoxy) is 1. The molecule has 0 aromatic heterocycles. The fourth-order valence-electron chi connectivity index (χ4n) is 1.87. The van der Waals surface area contributed by atoms with Gasteiger partial charge < -0.3 is 10.5 Å². The van der Waals surface area contributed by atoms with Gasteiger partial charge in [-0.1, -0.05) is 0 Å². The largest absolute Gasteiger partial charge is 0.493 e. The smallest absolute Gasteiger partial charge is 0.240 e. The van der Waals surface area contributed by atoms with Crippen molar-refractivity contribution in [1.29, 1.82) is 0 Å². The van der Waals surface area contributed by atoms with Crippen LogP contribution in [0, 0.1) is 0 Å². The standard InChI is InChI=1S/C13H20N2O3S/c1-13(2,14)9-15-19(16,17)11-5-6-12-10(8-11)4-3-7-18-12/h5-6,8,15H,3-4,7,9,14H2,1-2H3. The highest BCUT2D eigenvalue weighted by atomic mass is 32.2. The Morgan fingerprint density at radius 1 is 1.42 bits per heavy atom. The molecule has 1 aromatic rings. The van der Waals surface area contributed by atoms with E-state index in [0.717, 1.165) is 24.2 Å². The summed E-state index contributed by atoms with van der Waals surface area (Å²) in [6, 6.07) is 4.97. The van der Waals surface area contributed by atoms with Gasteiger partial charge in [-0.3, -0.25) is 0 Å². The summed E-state index contributed by atoms with van der Waals surface area (Å²) in [6.45, 7) is 4.44. The summed E-state index contributed by atoms with van der Waals surface area (Å²) in [7, 11) is -3.51. The Balaban J connectivity index is 2.21. The van der Waals surface area contributed by atoms with Gasteiger partial charge in [-0.15, -0.1) is 0 Å². The summed E-state index contributed by atoms with van der Waals surface area (Å²) in [5.74, 6) is 0.782. The van der Waals surface area contributed by atoms with Crippen molar-refractivity contribution in [3.63, 3.8) is 0 Å². The van der Waals surface area contributed by atoms with Crippen LogP contribution in [0.3, 0.4) is 0 Å². The highest BCUT2D eigenvalue weighted by molar-refractivity contribution is 7.89. The van der Waals surface area contributed by atoms with Gasteiger partial charge in [0.2, 0.25) is 10.0 Å². The minimum absolute atomic E-state index is 0.197. The predicted molar refractivity (Wildman–Crippen MR) is 73.7 cm³/mol. The highest BCUT2D eigenvalue weighted by Crippen LogP contribution is 2.27. The Morgan fingerprint density at radius 2 is 2.16 bits per heavy atom. The Bertz CT molecular complexity index is 562. The van der Waals surface area contributed by atoms with E-state index in [9.17, 15) is 8.42 Å². The lowest BCUT2D eigenvalue weighted by Gasteiger charge is -2.20. The molecule has 0 saturated heterocycles. The third-order valence-electron chi connectivity index (χ3n) is 2.91. The molecule has 6 heteroatoms. The van der Waals surface area contributed by atoms with E-state index in [-0.39, 0.29) is 11.4 Å². The third-order valence-corrected chi connectivity index (χ3v) is 4.31. The normalized spacial score (nSPS) is 15.7. The minimum Gasteiger partial charge on any atom is -0.493 e. The Morgan fingerprint density at radius 3 is 2.84 bits per heavy atom. The van der Waals surface area contributed by atoms with Gasteiger partial charge in [-0.05, 0) is 50.5 Å². The number of hydrogen-bond donors (Lipinski definition) is 2. The Labute approximate surface area is 114 Å². The number of fused-ring (bicyclic) bond motifs is 1. The molecule has 1 heterocycles. The minimum atomic E-state index is -3.51. The molecule has 0 fully saturated rings. The van der Waals surface area contributed by atoms with Gasteiger partial charge in [-0.2, -0.15) is 0 Å². The van der Waals surface area contributed by atoms with Gasteiger partial charge in [0.15, 0.2) is 0 Å². The maximum Gasteiger partial charge on any atom is 0.240 e. The number of aryl methyl sites for hydroxylation is 1. The van der Waals surface area contributed by atoms with E-state index in [4.69, 9.17) is 10.5 Å². The van der Waals surface area contributed by atoms with Crippen molar-refractivity contribution in [1.82, 2.24) is 4.72 Å². The summed E-state index contributed by atoms with van der Waals surface area (Å²) >= 11 is 0. The SMILES string of the molecule is CC(C)(N)CNS(=O)(=O)c1ccc2c(c1)CCCO2. The van der Waals surface area contributed by atoms with Crippen molar-refractivity contribution in [2.45, 2.75) is 37.1 Å². The van der Waals surface area contributed by atoms with E-state index < -0.39 is 15.6 Å². The summed E-state index contributed by atoms with van der Waals surface area (Å²) in [5, 5.41) is 0. The van der Waals surface area contributed by atoms with E-state index >= 15 is 0 Å². The molecular weight excluding hydrogens is 264 g/mol. The van der Waals surface area contributed by atoms with E-state index in [2.05, 4.69) is 4.72 Å². The first-order valence-electron chi connectivity index (χ1n) is 6.32. The van der Waals surface area contributed by atoms with Crippen molar-refractivity contribution in [2.75, 3.05) is 13.2 Å². The lowest BCUT2D eigenvalue weighted by atomic mass is 10.1. The molecular formula is C13H20N2O3S. The lowest BCUT2D eigenvalue weighted by Crippen LogP contribution is -2.45. The van der Waals surface area contributed by atoms with Crippen LogP contribution >= 0.6 is 0 Å². The summed E-state index contributed by atoms with van der Waals surface area (Å²) in [5.41, 5.74) is 6.15. The van der Waals surface area contributed by atoms with Gasteiger partial charge in [0.25, 0.3) is 0 Å². The molecule has 5 nitrogen and oxygen atoms in total. The molecule has 0 saturated carbocycles. The lowest BCUT2D eigenvalue weighted by molar-refractivity contribution is 0.288. The maximum atomic E-state index is 12.2. The van der Waals surface area contributed by atoms with Gasteiger partial charge in [-0.25, -0.2) is 13.1 Å². The molecule has 0 spiro atoms. The molecule has 0 radical (unpaired) electrons. The van der Waals surface area contributed by atoms with Crippen LogP contribution in [-0.2, 0) is 16.4 Å². The van der Waals surface area contributed by atoms with E-state index in [1.54, 1.807) is 32.0 Å². The van der Waals surface area contributed by atoms with Gasteiger partial charge in [0.05, 0.1) is 11.5 Å². The molecule has 3 N–H and O–H groups in total. The Hall–Kier alpha value is -1.11. The van der Waals surface area contributed by atoms with Crippen molar-refractivity contribution in [2.24, 2.45) is 5.73 Å². The topological polar surface area (TPSA) is 81.4 Å². The van der Waals surface area contributed by atoms with Crippen LogP contribution in [0.25, 0.3) is 0 Å². The quantitative estimate of drug-likeness (QED) is 0.865.